The molecule has 0 bridgehead atoms. The average molecular weight is 189 g/mol. The van der Waals surface area contributed by atoms with Crippen LogP contribution in [0.4, 0.5) is 0 Å². The molecule has 1 heterocycles. The van der Waals surface area contributed by atoms with Crippen molar-refractivity contribution in [1.82, 2.24) is 0 Å². The minimum absolute atomic E-state index is 0.0253. The van der Waals surface area contributed by atoms with Gasteiger partial charge < -0.3 is 10.2 Å². The van der Waals surface area contributed by atoms with Crippen LogP contribution in [0.1, 0.15) is 5.56 Å². The Labute approximate surface area is 81.1 Å². The minimum Gasteiger partial charge on any atom is -0.464 e. The topological polar surface area (TPSA) is 56.2 Å². The van der Waals surface area contributed by atoms with Crippen molar-refractivity contribution in [3.05, 3.63) is 46.3 Å². The first-order chi connectivity index (χ1) is 6.83. The summed E-state index contributed by atoms with van der Waals surface area (Å²) in [6, 6.07) is 7.21. The van der Waals surface area contributed by atoms with Gasteiger partial charge in [-0.1, -0.05) is 12.1 Å². The van der Waals surface area contributed by atoms with Gasteiger partial charge in [0.1, 0.15) is 5.58 Å². The number of hydrogen-bond acceptors (Lipinski definition) is 3. The van der Waals surface area contributed by atoms with Crippen LogP contribution in [-0.2, 0) is 6.42 Å². The molecule has 0 amide bonds. The van der Waals surface area contributed by atoms with Gasteiger partial charge in [-0.3, -0.25) is 4.79 Å². The Hall–Kier alpha value is -1.61. The van der Waals surface area contributed by atoms with Crippen molar-refractivity contribution in [2.24, 2.45) is 5.73 Å². The van der Waals surface area contributed by atoms with Crippen molar-refractivity contribution >= 4 is 11.0 Å². The van der Waals surface area contributed by atoms with Crippen LogP contribution in [0.25, 0.3) is 11.0 Å². The Bertz CT molecular complexity index is 502. The highest BCUT2D eigenvalue weighted by Crippen LogP contribution is 2.10. The van der Waals surface area contributed by atoms with E-state index in [0.29, 0.717) is 29.5 Å². The SMILES string of the molecule is NCCc1coc2ccccc2c1=O. The summed E-state index contributed by atoms with van der Waals surface area (Å²) in [6.45, 7) is 0.461. The van der Waals surface area contributed by atoms with Crippen LogP contribution in [0.5, 0.6) is 0 Å². The highest BCUT2D eigenvalue weighted by atomic mass is 16.3. The lowest BCUT2D eigenvalue weighted by atomic mass is 10.1. The van der Waals surface area contributed by atoms with Gasteiger partial charge >= 0.3 is 0 Å². The number of hydrogen-bond donors (Lipinski definition) is 1. The summed E-state index contributed by atoms with van der Waals surface area (Å²) in [5, 5.41) is 0.624. The quantitative estimate of drug-likeness (QED) is 0.774. The van der Waals surface area contributed by atoms with E-state index in [-0.39, 0.29) is 5.43 Å². The molecule has 0 saturated carbocycles. The fraction of sp³-hybridized carbons (Fsp3) is 0.182. The van der Waals surface area contributed by atoms with Crippen molar-refractivity contribution in [1.29, 1.82) is 0 Å². The predicted octanol–water partition coefficient (Wildman–Crippen LogP) is 1.29. The van der Waals surface area contributed by atoms with Gasteiger partial charge in [0.05, 0.1) is 11.6 Å². The van der Waals surface area contributed by atoms with Crippen LogP contribution >= 0.6 is 0 Å². The summed E-state index contributed by atoms with van der Waals surface area (Å²) < 4.78 is 5.32. The van der Waals surface area contributed by atoms with E-state index in [4.69, 9.17) is 10.2 Å². The fourth-order valence-corrected chi connectivity index (χ4v) is 1.45. The van der Waals surface area contributed by atoms with Crippen LogP contribution in [0.2, 0.25) is 0 Å². The Morgan fingerprint density at radius 2 is 2.07 bits per heavy atom. The zero-order valence-corrected chi connectivity index (χ0v) is 7.69. The number of benzene rings is 1. The number of fused-ring (bicyclic) bond motifs is 1. The van der Waals surface area contributed by atoms with E-state index < -0.39 is 0 Å². The molecule has 0 radical (unpaired) electrons. The average Bonchev–Trinajstić information content (AvgIpc) is 2.23. The Morgan fingerprint density at radius 1 is 1.29 bits per heavy atom. The van der Waals surface area contributed by atoms with Gasteiger partial charge in [0.25, 0.3) is 0 Å². The van der Waals surface area contributed by atoms with E-state index in [1.54, 1.807) is 12.1 Å². The summed E-state index contributed by atoms with van der Waals surface area (Å²) in [7, 11) is 0. The van der Waals surface area contributed by atoms with Crippen molar-refractivity contribution in [3.8, 4) is 0 Å². The molecule has 0 unspecified atom stereocenters. The third-order valence-corrected chi connectivity index (χ3v) is 2.17. The molecule has 1 aromatic carbocycles. The molecular weight excluding hydrogens is 178 g/mol. The second-order valence-corrected chi connectivity index (χ2v) is 3.12. The second kappa shape index (κ2) is 3.64. The van der Waals surface area contributed by atoms with Gasteiger partial charge in [0.15, 0.2) is 5.43 Å². The van der Waals surface area contributed by atoms with Gasteiger partial charge in [-0.05, 0) is 25.1 Å². The highest BCUT2D eigenvalue weighted by molar-refractivity contribution is 5.76. The first-order valence-corrected chi connectivity index (χ1v) is 4.52. The monoisotopic (exact) mass is 189 g/mol. The van der Waals surface area contributed by atoms with Gasteiger partial charge in [-0.25, -0.2) is 0 Å². The van der Waals surface area contributed by atoms with Gasteiger partial charge in [-0.15, -0.1) is 0 Å². The molecule has 0 spiro atoms. The molecule has 0 aliphatic rings. The predicted molar refractivity (Wildman–Crippen MR) is 55.2 cm³/mol. The molecule has 72 valence electrons. The molecule has 2 N–H and O–H groups in total. The smallest absolute Gasteiger partial charge is 0.195 e. The second-order valence-electron chi connectivity index (χ2n) is 3.12. The lowest BCUT2D eigenvalue weighted by Crippen LogP contribution is -2.13. The molecule has 0 saturated heterocycles. The molecule has 0 atom stereocenters. The van der Waals surface area contributed by atoms with Crippen molar-refractivity contribution in [3.63, 3.8) is 0 Å². The first kappa shape index (κ1) is 8.97. The standard InChI is InChI=1S/C11H11NO2/c12-6-5-8-7-14-10-4-2-1-3-9(10)11(8)13/h1-4,7H,5-6,12H2. The third kappa shape index (κ3) is 1.42. The molecule has 0 aliphatic carbocycles. The van der Waals surface area contributed by atoms with Crippen LogP contribution in [0.3, 0.4) is 0 Å². The molecule has 1 aromatic heterocycles. The molecular formula is C11H11NO2. The van der Waals surface area contributed by atoms with E-state index in [9.17, 15) is 4.79 Å². The van der Waals surface area contributed by atoms with Crippen molar-refractivity contribution in [2.75, 3.05) is 6.54 Å². The summed E-state index contributed by atoms with van der Waals surface area (Å²) in [4.78, 5) is 11.8. The van der Waals surface area contributed by atoms with Crippen LogP contribution in [-0.4, -0.2) is 6.54 Å². The maximum atomic E-state index is 11.8. The van der Waals surface area contributed by atoms with Crippen molar-refractivity contribution in [2.45, 2.75) is 6.42 Å². The van der Waals surface area contributed by atoms with Crippen LogP contribution in [0.15, 0.2) is 39.7 Å². The maximum absolute atomic E-state index is 11.8. The largest absolute Gasteiger partial charge is 0.464 e. The molecule has 0 aliphatic heterocycles. The molecule has 2 rings (SSSR count). The summed E-state index contributed by atoms with van der Waals surface area (Å²) >= 11 is 0. The van der Waals surface area contributed by atoms with E-state index in [0.717, 1.165) is 0 Å². The number of para-hydroxylation sites is 1. The van der Waals surface area contributed by atoms with Crippen molar-refractivity contribution < 1.29 is 4.42 Å². The van der Waals surface area contributed by atoms with Gasteiger partial charge in [-0.2, -0.15) is 0 Å². The molecule has 2 aromatic rings. The minimum atomic E-state index is 0.0253. The maximum Gasteiger partial charge on any atom is 0.195 e. The lowest BCUT2D eigenvalue weighted by Gasteiger charge is -1.99. The van der Waals surface area contributed by atoms with E-state index in [2.05, 4.69) is 0 Å². The zero-order chi connectivity index (χ0) is 9.97. The van der Waals surface area contributed by atoms with Crippen LogP contribution < -0.4 is 11.2 Å². The van der Waals surface area contributed by atoms with Gasteiger partial charge in [0.2, 0.25) is 0 Å². The Balaban J connectivity index is 2.69. The Kier molecular flexibility index (Phi) is 2.33. The Morgan fingerprint density at radius 3 is 2.86 bits per heavy atom. The number of rotatable bonds is 2. The summed E-state index contributed by atoms with van der Waals surface area (Å²) in [5.41, 5.74) is 6.69. The summed E-state index contributed by atoms with van der Waals surface area (Å²) in [5.74, 6) is 0. The van der Waals surface area contributed by atoms with E-state index >= 15 is 0 Å². The molecule has 3 heteroatoms. The normalized spacial score (nSPS) is 10.6. The number of nitrogens with two attached hydrogens (primary N) is 1. The zero-order valence-electron chi connectivity index (χ0n) is 7.69. The van der Waals surface area contributed by atoms with Crippen LogP contribution in [0, 0.1) is 0 Å². The summed E-state index contributed by atoms with van der Waals surface area (Å²) in [6.07, 6.45) is 2.06. The molecule has 3 nitrogen and oxygen atoms in total. The molecule has 14 heavy (non-hydrogen) atoms. The fourth-order valence-electron chi connectivity index (χ4n) is 1.45. The third-order valence-electron chi connectivity index (χ3n) is 2.17. The van der Waals surface area contributed by atoms with E-state index in [1.165, 1.54) is 6.26 Å². The molecule has 0 fully saturated rings. The lowest BCUT2D eigenvalue weighted by molar-refractivity contribution is 0.592. The van der Waals surface area contributed by atoms with Gasteiger partial charge in [0, 0.05) is 5.56 Å². The van der Waals surface area contributed by atoms with E-state index in [1.807, 2.05) is 12.1 Å². The first-order valence-electron chi connectivity index (χ1n) is 4.52. The highest BCUT2D eigenvalue weighted by Gasteiger charge is 2.04.